The Bertz CT molecular complexity index is 349. The van der Waals surface area contributed by atoms with Crippen LogP contribution in [-0.2, 0) is 4.79 Å². The van der Waals surface area contributed by atoms with Gasteiger partial charge in [0.25, 0.3) is 0 Å². The summed E-state index contributed by atoms with van der Waals surface area (Å²) in [4.78, 5) is 16.9. The molecule has 1 heterocycles. The van der Waals surface area contributed by atoms with Gasteiger partial charge in [-0.1, -0.05) is 19.3 Å². The van der Waals surface area contributed by atoms with Gasteiger partial charge in [0, 0.05) is 26.6 Å². The fraction of sp³-hybridized carbons (Fsp3) is 0.941. The molecule has 1 atom stereocenters. The summed E-state index contributed by atoms with van der Waals surface area (Å²) in [6.45, 7) is 3.90. The van der Waals surface area contributed by atoms with E-state index in [-0.39, 0.29) is 30.2 Å². The molecule has 2 fully saturated rings. The minimum atomic E-state index is 0. The van der Waals surface area contributed by atoms with Gasteiger partial charge in [-0.2, -0.15) is 0 Å². The van der Waals surface area contributed by atoms with Crippen LogP contribution in [0.2, 0.25) is 0 Å². The SMILES string of the molecule is CN1CCCC(CN(C)C(=O)CC2(CN)CCCCC2)C1.Cl.Cl. The van der Waals surface area contributed by atoms with E-state index in [2.05, 4.69) is 11.9 Å². The van der Waals surface area contributed by atoms with Gasteiger partial charge >= 0.3 is 0 Å². The second kappa shape index (κ2) is 10.8. The van der Waals surface area contributed by atoms with Gasteiger partial charge in [-0.25, -0.2) is 0 Å². The van der Waals surface area contributed by atoms with Crippen molar-refractivity contribution in [1.82, 2.24) is 9.80 Å². The molecule has 4 nitrogen and oxygen atoms in total. The van der Waals surface area contributed by atoms with Crippen molar-refractivity contribution in [2.24, 2.45) is 17.1 Å². The smallest absolute Gasteiger partial charge is 0.222 e. The number of halogens is 2. The van der Waals surface area contributed by atoms with Crippen LogP contribution in [0.5, 0.6) is 0 Å². The lowest BCUT2D eigenvalue weighted by atomic mass is 9.71. The van der Waals surface area contributed by atoms with Crippen molar-refractivity contribution in [1.29, 1.82) is 0 Å². The number of nitrogens with zero attached hydrogens (tertiary/aromatic N) is 2. The summed E-state index contributed by atoms with van der Waals surface area (Å²) < 4.78 is 0. The number of rotatable bonds is 5. The maximum absolute atomic E-state index is 12.6. The number of piperidine rings is 1. The van der Waals surface area contributed by atoms with Crippen LogP contribution in [-0.4, -0.2) is 56.0 Å². The van der Waals surface area contributed by atoms with Crippen LogP contribution in [0.4, 0.5) is 0 Å². The maximum Gasteiger partial charge on any atom is 0.222 e. The number of carbonyl (C=O) groups is 1. The van der Waals surface area contributed by atoms with E-state index < -0.39 is 0 Å². The predicted molar refractivity (Wildman–Crippen MR) is 102 cm³/mol. The van der Waals surface area contributed by atoms with E-state index in [1.54, 1.807) is 0 Å². The highest BCUT2D eigenvalue weighted by atomic mass is 35.5. The second-order valence-corrected chi connectivity index (χ2v) is 7.49. The van der Waals surface area contributed by atoms with Gasteiger partial charge < -0.3 is 15.5 Å². The summed E-state index contributed by atoms with van der Waals surface area (Å²) in [6, 6.07) is 0. The second-order valence-electron chi connectivity index (χ2n) is 7.49. The van der Waals surface area contributed by atoms with E-state index >= 15 is 0 Å². The Morgan fingerprint density at radius 1 is 1.22 bits per heavy atom. The molecular formula is C17H35Cl2N3O. The van der Waals surface area contributed by atoms with Gasteiger partial charge in [-0.3, -0.25) is 4.79 Å². The van der Waals surface area contributed by atoms with E-state index in [1.807, 2.05) is 11.9 Å². The summed E-state index contributed by atoms with van der Waals surface area (Å²) in [7, 11) is 4.16. The lowest BCUT2D eigenvalue weighted by Crippen LogP contribution is -2.43. The first-order chi connectivity index (χ1) is 10.0. The van der Waals surface area contributed by atoms with E-state index in [1.165, 1.54) is 38.6 Å². The highest BCUT2D eigenvalue weighted by Crippen LogP contribution is 2.38. The van der Waals surface area contributed by atoms with E-state index in [4.69, 9.17) is 5.73 Å². The maximum atomic E-state index is 12.6. The zero-order valence-electron chi connectivity index (χ0n) is 14.8. The molecule has 0 aromatic rings. The normalized spacial score (nSPS) is 24.2. The van der Waals surface area contributed by atoms with Gasteiger partial charge in [-0.15, -0.1) is 24.8 Å². The zero-order valence-corrected chi connectivity index (χ0v) is 16.4. The third-order valence-electron chi connectivity index (χ3n) is 5.55. The summed E-state index contributed by atoms with van der Waals surface area (Å²) in [5.74, 6) is 0.938. The molecular weight excluding hydrogens is 333 g/mol. The molecule has 1 saturated heterocycles. The van der Waals surface area contributed by atoms with Gasteiger partial charge in [-0.05, 0) is 57.2 Å². The molecule has 0 radical (unpaired) electrons. The number of likely N-dealkylation sites (tertiary alicyclic amines) is 1. The molecule has 0 aromatic carbocycles. The summed E-state index contributed by atoms with van der Waals surface area (Å²) in [5, 5.41) is 0. The third-order valence-corrected chi connectivity index (χ3v) is 5.55. The van der Waals surface area contributed by atoms with Crippen molar-refractivity contribution in [3.63, 3.8) is 0 Å². The van der Waals surface area contributed by atoms with E-state index in [0.29, 0.717) is 24.8 Å². The van der Waals surface area contributed by atoms with Crippen molar-refractivity contribution in [3.8, 4) is 0 Å². The van der Waals surface area contributed by atoms with Crippen LogP contribution in [0.1, 0.15) is 51.4 Å². The van der Waals surface area contributed by atoms with E-state index in [9.17, 15) is 4.79 Å². The topological polar surface area (TPSA) is 49.6 Å². The number of carbonyl (C=O) groups excluding carboxylic acids is 1. The summed E-state index contributed by atoms with van der Waals surface area (Å²) >= 11 is 0. The minimum Gasteiger partial charge on any atom is -0.345 e. The van der Waals surface area contributed by atoms with Gasteiger partial charge in [0.1, 0.15) is 0 Å². The molecule has 138 valence electrons. The Morgan fingerprint density at radius 2 is 1.87 bits per heavy atom. The monoisotopic (exact) mass is 367 g/mol. The Balaban J connectivity index is 0.00000242. The summed E-state index contributed by atoms with van der Waals surface area (Å²) in [5.41, 5.74) is 6.10. The Labute approximate surface area is 154 Å². The molecule has 1 unspecified atom stereocenters. The van der Waals surface area contributed by atoms with Crippen molar-refractivity contribution >= 4 is 30.7 Å². The predicted octanol–water partition coefficient (Wildman–Crippen LogP) is 2.93. The van der Waals surface area contributed by atoms with Crippen molar-refractivity contribution < 1.29 is 4.79 Å². The number of amides is 1. The van der Waals surface area contributed by atoms with Gasteiger partial charge in [0.2, 0.25) is 5.91 Å². The highest BCUT2D eigenvalue weighted by Gasteiger charge is 2.34. The van der Waals surface area contributed by atoms with Gasteiger partial charge in [0.15, 0.2) is 0 Å². The number of hydrogen-bond acceptors (Lipinski definition) is 3. The van der Waals surface area contributed by atoms with Crippen LogP contribution in [0, 0.1) is 11.3 Å². The molecule has 1 aliphatic heterocycles. The quantitative estimate of drug-likeness (QED) is 0.812. The molecule has 1 amide bonds. The molecule has 0 aromatic heterocycles. The highest BCUT2D eigenvalue weighted by molar-refractivity contribution is 5.85. The molecule has 2 rings (SSSR count). The molecule has 2 aliphatic rings. The van der Waals surface area contributed by atoms with Crippen molar-refractivity contribution in [2.75, 3.05) is 40.3 Å². The lowest BCUT2D eigenvalue weighted by molar-refractivity contribution is -0.133. The number of nitrogens with two attached hydrogens (primary N) is 1. The van der Waals surface area contributed by atoms with Crippen molar-refractivity contribution in [2.45, 2.75) is 51.4 Å². The molecule has 1 aliphatic carbocycles. The molecule has 6 heteroatoms. The molecule has 2 N–H and O–H groups in total. The average Bonchev–Trinajstić information content (AvgIpc) is 2.48. The summed E-state index contributed by atoms with van der Waals surface area (Å²) in [6.07, 6.45) is 9.22. The first kappa shape index (κ1) is 23.0. The largest absolute Gasteiger partial charge is 0.345 e. The standard InChI is InChI=1S/C17H33N3O.2ClH/c1-19-10-6-7-15(12-19)13-20(2)16(21)11-17(14-18)8-4-3-5-9-17;;/h15H,3-14,18H2,1-2H3;2*1H. The van der Waals surface area contributed by atoms with Crippen LogP contribution in [0.25, 0.3) is 0 Å². The number of hydrogen-bond donors (Lipinski definition) is 1. The van der Waals surface area contributed by atoms with Crippen LogP contribution < -0.4 is 5.73 Å². The van der Waals surface area contributed by atoms with Crippen LogP contribution in [0.3, 0.4) is 0 Å². The molecule has 23 heavy (non-hydrogen) atoms. The Hall–Kier alpha value is -0.0300. The van der Waals surface area contributed by atoms with Crippen molar-refractivity contribution in [3.05, 3.63) is 0 Å². The average molecular weight is 368 g/mol. The van der Waals surface area contributed by atoms with Crippen LogP contribution >= 0.6 is 24.8 Å². The fourth-order valence-electron chi connectivity index (χ4n) is 4.12. The first-order valence-corrected chi connectivity index (χ1v) is 8.67. The molecule has 0 bridgehead atoms. The van der Waals surface area contributed by atoms with Gasteiger partial charge in [0.05, 0.1) is 0 Å². The lowest BCUT2D eigenvalue weighted by Gasteiger charge is -2.38. The zero-order chi connectivity index (χ0) is 15.3. The molecule has 0 spiro atoms. The Morgan fingerprint density at radius 3 is 2.43 bits per heavy atom. The third kappa shape index (κ3) is 6.77. The van der Waals surface area contributed by atoms with Crippen LogP contribution in [0.15, 0.2) is 0 Å². The molecule has 1 saturated carbocycles. The minimum absolute atomic E-state index is 0. The van der Waals surface area contributed by atoms with E-state index in [0.717, 1.165) is 25.9 Å². The first-order valence-electron chi connectivity index (χ1n) is 8.67. The fourth-order valence-corrected chi connectivity index (χ4v) is 4.12. The Kier molecular flexibility index (Phi) is 10.7.